The van der Waals surface area contributed by atoms with Gasteiger partial charge in [-0.2, -0.15) is 0 Å². The Bertz CT molecular complexity index is 476. The predicted octanol–water partition coefficient (Wildman–Crippen LogP) is 0.904. The molecule has 7 heteroatoms. The van der Waals surface area contributed by atoms with Crippen LogP contribution >= 0.6 is 22.6 Å². The van der Waals surface area contributed by atoms with Crippen molar-refractivity contribution in [1.82, 2.24) is 10.6 Å². The van der Waals surface area contributed by atoms with E-state index in [1.54, 1.807) is 24.3 Å². The third-order valence-corrected chi connectivity index (χ3v) is 2.85. The minimum absolute atomic E-state index is 0.380. The summed E-state index contributed by atoms with van der Waals surface area (Å²) in [5.41, 5.74) is 0.380. The van der Waals surface area contributed by atoms with E-state index >= 15 is 0 Å². The van der Waals surface area contributed by atoms with Gasteiger partial charge in [0.05, 0.1) is 5.56 Å². The predicted molar refractivity (Wildman–Crippen MR) is 72.0 cm³/mol. The summed E-state index contributed by atoms with van der Waals surface area (Å²) in [6.45, 7) is -0.503. The maximum absolute atomic E-state index is 11.6. The lowest BCUT2D eigenvalue weighted by molar-refractivity contribution is -0.123. The fraction of sp³-hybridized carbons (Fsp3) is 0.182. The summed E-state index contributed by atoms with van der Waals surface area (Å²) < 4.78 is 5.51. The van der Waals surface area contributed by atoms with Crippen molar-refractivity contribution in [2.45, 2.75) is 0 Å². The van der Waals surface area contributed by atoms with Gasteiger partial charge in [0, 0.05) is 10.6 Å². The molecule has 1 rings (SSSR count). The molecular formula is C11H11IN2O4. The quantitative estimate of drug-likeness (QED) is 0.618. The first kappa shape index (κ1) is 14.4. The smallest absolute Gasteiger partial charge is 0.339 e. The van der Waals surface area contributed by atoms with Gasteiger partial charge in [0.1, 0.15) is 0 Å². The Morgan fingerprint density at radius 3 is 2.56 bits per heavy atom. The van der Waals surface area contributed by atoms with Crippen molar-refractivity contribution in [2.24, 2.45) is 0 Å². The minimum atomic E-state index is -0.686. The van der Waals surface area contributed by atoms with E-state index in [0.29, 0.717) is 5.56 Å². The van der Waals surface area contributed by atoms with E-state index in [9.17, 15) is 14.4 Å². The zero-order chi connectivity index (χ0) is 13.5. The molecule has 0 saturated carbocycles. The first-order chi connectivity index (χ1) is 8.54. The van der Waals surface area contributed by atoms with E-state index < -0.39 is 24.5 Å². The van der Waals surface area contributed by atoms with Gasteiger partial charge < -0.3 is 10.1 Å². The number of hydrogen-bond donors (Lipinski definition) is 2. The molecule has 0 radical (unpaired) electrons. The molecule has 0 heterocycles. The molecule has 1 aromatic carbocycles. The second kappa shape index (κ2) is 6.94. The average Bonchev–Trinajstić information content (AvgIpc) is 2.36. The number of esters is 1. The molecule has 0 unspecified atom stereocenters. The van der Waals surface area contributed by atoms with E-state index in [1.165, 1.54) is 7.05 Å². The summed E-state index contributed by atoms with van der Waals surface area (Å²) in [6, 6.07) is 6.19. The molecular weight excluding hydrogens is 351 g/mol. The van der Waals surface area contributed by atoms with Gasteiger partial charge in [-0.25, -0.2) is 9.59 Å². The molecule has 0 saturated heterocycles. The van der Waals surface area contributed by atoms with E-state index in [0.717, 1.165) is 3.57 Å². The zero-order valence-corrected chi connectivity index (χ0v) is 11.7. The van der Waals surface area contributed by atoms with E-state index in [2.05, 4.69) is 5.32 Å². The summed E-state index contributed by atoms with van der Waals surface area (Å²) in [7, 11) is 1.38. The Hall–Kier alpha value is -1.64. The Labute approximate surface area is 117 Å². The second-order valence-electron chi connectivity index (χ2n) is 3.18. The number of imide groups is 1. The van der Waals surface area contributed by atoms with Gasteiger partial charge in [-0.05, 0) is 34.7 Å². The fourth-order valence-corrected chi connectivity index (χ4v) is 1.67. The third-order valence-electron chi connectivity index (χ3n) is 1.91. The lowest BCUT2D eigenvalue weighted by Crippen LogP contribution is -2.39. The molecule has 18 heavy (non-hydrogen) atoms. The van der Waals surface area contributed by atoms with E-state index in [-0.39, 0.29) is 0 Å². The van der Waals surface area contributed by atoms with Crippen LogP contribution in [0.2, 0.25) is 0 Å². The second-order valence-corrected chi connectivity index (χ2v) is 4.35. The van der Waals surface area contributed by atoms with Crippen LogP contribution in [0, 0.1) is 3.57 Å². The molecule has 96 valence electrons. The largest absolute Gasteiger partial charge is 0.452 e. The molecule has 0 aliphatic carbocycles. The van der Waals surface area contributed by atoms with Crippen LogP contribution in [0.5, 0.6) is 0 Å². The highest BCUT2D eigenvalue weighted by atomic mass is 127. The molecule has 1 aromatic rings. The highest BCUT2D eigenvalue weighted by Crippen LogP contribution is 2.12. The number of rotatable bonds is 3. The molecule has 0 atom stereocenters. The van der Waals surface area contributed by atoms with Crippen LogP contribution in [-0.4, -0.2) is 31.6 Å². The molecule has 0 aromatic heterocycles. The van der Waals surface area contributed by atoms with Crippen molar-refractivity contribution >= 4 is 40.5 Å². The highest BCUT2D eigenvalue weighted by Gasteiger charge is 2.13. The van der Waals surface area contributed by atoms with Crippen molar-refractivity contribution in [2.75, 3.05) is 13.7 Å². The number of halogens is 1. The van der Waals surface area contributed by atoms with E-state index in [1.807, 2.05) is 27.9 Å². The lowest BCUT2D eigenvalue weighted by Gasteiger charge is -2.06. The summed E-state index contributed by atoms with van der Waals surface area (Å²) in [4.78, 5) is 33.6. The normalized spacial score (nSPS) is 9.44. The molecule has 0 bridgehead atoms. The van der Waals surface area contributed by atoms with Crippen LogP contribution in [0.4, 0.5) is 4.79 Å². The Kier molecular flexibility index (Phi) is 5.56. The van der Waals surface area contributed by atoms with Crippen LogP contribution in [0.15, 0.2) is 24.3 Å². The van der Waals surface area contributed by atoms with Gasteiger partial charge >= 0.3 is 12.0 Å². The van der Waals surface area contributed by atoms with Gasteiger partial charge in [0.2, 0.25) is 0 Å². The van der Waals surface area contributed by atoms with Gasteiger partial charge in [0.25, 0.3) is 5.91 Å². The average molecular weight is 362 g/mol. The van der Waals surface area contributed by atoms with Gasteiger partial charge in [0.15, 0.2) is 6.61 Å². The van der Waals surface area contributed by atoms with Crippen molar-refractivity contribution in [1.29, 1.82) is 0 Å². The molecule has 3 amide bonds. The SMILES string of the molecule is CNC(=O)NC(=O)COC(=O)c1ccccc1I. The van der Waals surface area contributed by atoms with Crippen LogP contribution < -0.4 is 10.6 Å². The molecule has 0 aliphatic heterocycles. The third kappa shape index (κ3) is 4.32. The number of carbonyl (C=O) groups is 3. The first-order valence-corrected chi connectivity index (χ1v) is 6.05. The monoisotopic (exact) mass is 362 g/mol. The molecule has 0 aliphatic rings. The number of urea groups is 1. The van der Waals surface area contributed by atoms with Gasteiger partial charge in [-0.15, -0.1) is 0 Å². The number of ether oxygens (including phenoxy) is 1. The van der Waals surface area contributed by atoms with Crippen molar-refractivity contribution in [3.05, 3.63) is 33.4 Å². The maximum Gasteiger partial charge on any atom is 0.339 e. The lowest BCUT2D eigenvalue weighted by atomic mass is 10.2. The standard InChI is InChI=1S/C11H11IN2O4/c1-13-11(17)14-9(15)6-18-10(16)7-4-2-3-5-8(7)12/h2-5H,6H2,1H3,(H2,13,14,15,17). The summed E-state index contributed by atoms with van der Waals surface area (Å²) in [5.74, 6) is -1.29. The topological polar surface area (TPSA) is 84.5 Å². The molecule has 6 nitrogen and oxygen atoms in total. The molecule has 0 spiro atoms. The van der Waals surface area contributed by atoms with Crippen molar-refractivity contribution in [3.8, 4) is 0 Å². The van der Waals surface area contributed by atoms with Crippen LogP contribution in [0.25, 0.3) is 0 Å². The Balaban J connectivity index is 2.50. The van der Waals surface area contributed by atoms with E-state index in [4.69, 9.17) is 4.74 Å². The summed E-state index contributed by atoms with van der Waals surface area (Å²) in [6.07, 6.45) is 0. The first-order valence-electron chi connectivity index (χ1n) is 4.98. The maximum atomic E-state index is 11.6. The highest BCUT2D eigenvalue weighted by molar-refractivity contribution is 14.1. The van der Waals surface area contributed by atoms with Crippen LogP contribution in [-0.2, 0) is 9.53 Å². The Morgan fingerprint density at radius 1 is 1.28 bits per heavy atom. The van der Waals surface area contributed by atoms with Gasteiger partial charge in [-0.1, -0.05) is 12.1 Å². The Morgan fingerprint density at radius 2 is 1.94 bits per heavy atom. The van der Waals surface area contributed by atoms with Crippen LogP contribution in [0.3, 0.4) is 0 Å². The van der Waals surface area contributed by atoms with Crippen LogP contribution in [0.1, 0.15) is 10.4 Å². The number of benzene rings is 1. The van der Waals surface area contributed by atoms with Crippen molar-refractivity contribution in [3.63, 3.8) is 0 Å². The number of carbonyl (C=O) groups excluding carboxylic acids is 3. The molecule has 2 N–H and O–H groups in total. The summed E-state index contributed by atoms with van der Waals surface area (Å²) in [5, 5.41) is 4.19. The number of hydrogen-bond acceptors (Lipinski definition) is 4. The number of nitrogens with one attached hydrogen (secondary N) is 2. The van der Waals surface area contributed by atoms with Gasteiger partial charge in [-0.3, -0.25) is 10.1 Å². The number of amides is 3. The fourth-order valence-electron chi connectivity index (χ4n) is 1.06. The summed E-state index contributed by atoms with van der Waals surface area (Å²) >= 11 is 1.99. The van der Waals surface area contributed by atoms with Crippen molar-refractivity contribution < 1.29 is 19.1 Å². The molecule has 0 fully saturated rings. The minimum Gasteiger partial charge on any atom is -0.452 e. The zero-order valence-electron chi connectivity index (χ0n) is 9.53.